The van der Waals surface area contributed by atoms with E-state index in [1.807, 2.05) is 0 Å². The maximum absolute atomic E-state index is 12.4. The van der Waals surface area contributed by atoms with Crippen LogP contribution in [0, 0.1) is 0 Å². The molecule has 0 aromatic heterocycles. The zero-order chi connectivity index (χ0) is 17.1. The predicted molar refractivity (Wildman–Crippen MR) is 98.8 cm³/mol. The summed E-state index contributed by atoms with van der Waals surface area (Å²) >= 11 is 6.32. The van der Waals surface area contributed by atoms with Crippen LogP contribution in [0.5, 0.6) is 11.5 Å². The highest BCUT2D eigenvalue weighted by molar-refractivity contribution is 8.26. The van der Waals surface area contributed by atoms with Crippen molar-refractivity contribution in [2.45, 2.75) is 0 Å². The number of carbonyl (C=O) groups excluding carboxylic acids is 1. The van der Waals surface area contributed by atoms with Gasteiger partial charge in [0.1, 0.15) is 11.5 Å². The molecule has 1 aliphatic rings. The summed E-state index contributed by atoms with van der Waals surface area (Å²) in [6.45, 7) is 0. The maximum Gasteiger partial charge on any atom is 0.286 e. The van der Waals surface area contributed by atoms with Gasteiger partial charge < -0.3 is 10.2 Å². The van der Waals surface area contributed by atoms with Crippen molar-refractivity contribution in [2.24, 2.45) is 5.10 Å². The number of benzene rings is 2. The van der Waals surface area contributed by atoms with Gasteiger partial charge in [-0.25, -0.2) is 0 Å². The fourth-order valence-corrected chi connectivity index (χ4v) is 3.16. The third-order valence-electron chi connectivity index (χ3n) is 3.21. The van der Waals surface area contributed by atoms with Crippen LogP contribution in [-0.4, -0.2) is 31.7 Å². The first-order chi connectivity index (χ1) is 11.5. The lowest BCUT2D eigenvalue weighted by Crippen LogP contribution is -2.22. The number of carbonyl (C=O) groups is 1. The molecule has 0 bridgehead atoms. The van der Waals surface area contributed by atoms with E-state index < -0.39 is 0 Å². The molecule has 1 saturated heterocycles. The highest BCUT2D eigenvalue weighted by Gasteiger charge is 2.32. The largest absolute Gasteiger partial charge is 0.508 e. The van der Waals surface area contributed by atoms with Crippen molar-refractivity contribution >= 4 is 46.5 Å². The summed E-state index contributed by atoms with van der Waals surface area (Å²) in [6, 6.07) is 13.2. The average molecular weight is 356 g/mol. The Kier molecular flexibility index (Phi) is 4.64. The monoisotopic (exact) mass is 356 g/mol. The Morgan fingerprint density at radius 2 is 1.79 bits per heavy atom. The number of rotatable bonds is 3. The van der Waals surface area contributed by atoms with Crippen LogP contribution in [0.25, 0.3) is 6.08 Å². The number of hydrogen-bond acceptors (Lipinski definition) is 6. The number of phenolic OH excluding ortho intramolecular Hbond substituents is 2. The number of hydrazone groups is 1. The van der Waals surface area contributed by atoms with Crippen molar-refractivity contribution in [2.75, 3.05) is 0 Å². The van der Waals surface area contributed by atoms with Gasteiger partial charge in [-0.2, -0.15) is 10.1 Å². The molecule has 0 atom stereocenters. The Bertz CT molecular complexity index is 860. The number of phenols is 2. The summed E-state index contributed by atoms with van der Waals surface area (Å²) in [6.07, 6.45) is 3.08. The molecule has 2 N–H and O–H groups in total. The van der Waals surface area contributed by atoms with Gasteiger partial charge in [0.25, 0.3) is 5.91 Å². The molecular weight excluding hydrogens is 344 g/mol. The Labute approximate surface area is 147 Å². The third-order valence-corrected chi connectivity index (χ3v) is 4.49. The summed E-state index contributed by atoms with van der Waals surface area (Å²) in [5.74, 6) is -0.0954. The fraction of sp³-hybridized carbons (Fsp3) is 0. The first-order valence-electron chi connectivity index (χ1n) is 6.93. The summed E-state index contributed by atoms with van der Waals surface area (Å²) < 4.78 is 0.316. The fourth-order valence-electron chi connectivity index (χ4n) is 1.99. The minimum Gasteiger partial charge on any atom is -0.508 e. The Hall–Kier alpha value is -2.64. The highest BCUT2D eigenvalue weighted by Crippen LogP contribution is 2.34. The van der Waals surface area contributed by atoms with Gasteiger partial charge in [0.2, 0.25) is 0 Å². The van der Waals surface area contributed by atoms with Crippen LogP contribution >= 0.6 is 24.0 Å². The lowest BCUT2D eigenvalue weighted by Gasteiger charge is -2.06. The van der Waals surface area contributed by atoms with Crippen LogP contribution in [-0.2, 0) is 4.79 Å². The summed E-state index contributed by atoms with van der Waals surface area (Å²) in [5, 5.41) is 24.3. The highest BCUT2D eigenvalue weighted by atomic mass is 32.2. The van der Waals surface area contributed by atoms with E-state index in [4.69, 9.17) is 12.2 Å². The molecule has 0 saturated carbocycles. The number of para-hydroxylation sites is 1. The molecule has 7 heteroatoms. The van der Waals surface area contributed by atoms with Crippen LogP contribution in [0.4, 0.5) is 0 Å². The first-order valence-corrected chi connectivity index (χ1v) is 8.16. The van der Waals surface area contributed by atoms with Gasteiger partial charge in [-0.1, -0.05) is 30.0 Å². The molecule has 2 aromatic rings. The Balaban J connectivity index is 1.82. The summed E-state index contributed by atoms with van der Waals surface area (Å²) in [4.78, 5) is 12.8. The third kappa shape index (κ3) is 3.47. The van der Waals surface area contributed by atoms with Gasteiger partial charge in [0.05, 0.1) is 11.1 Å². The smallest absolute Gasteiger partial charge is 0.286 e. The topological polar surface area (TPSA) is 73.1 Å². The van der Waals surface area contributed by atoms with Crippen molar-refractivity contribution in [3.63, 3.8) is 0 Å². The van der Waals surface area contributed by atoms with Gasteiger partial charge in [-0.05, 0) is 54.2 Å². The zero-order valence-corrected chi connectivity index (χ0v) is 13.9. The molecule has 24 heavy (non-hydrogen) atoms. The minimum absolute atomic E-state index is 0.0929. The van der Waals surface area contributed by atoms with Gasteiger partial charge in [-0.15, -0.1) is 0 Å². The van der Waals surface area contributed by atoms with E-state index in [1.54, 1.807) is 42.5 Å². The van der Waals surface area contributed by atoms with Gasteiger partial charge in [-0.3, -0.25) is 4.79 Å². The summed E-state index contributed by atoms with van der Waals surface area (Å²) in [5.41, 5.74) is 1.27. The molecule has 3 rings (SSSR count). The molecule has 0 radical (unpaired) electrons. The molecule has 1 amide bonds. The van der Waals surface area contributed by atoms with Crippen LogP contribution < -0.4 is 0 Å². The van der Waals surface area contributed by atoms with Crippen LogP contribution in [0.15, 0.2) is 58.5 Å². The van der Waals surface area contributed by atoms with Crippen LogP contribution in [0.2, 0.25) is 0 Å². The van der Waals surface area contributed by atoms with Gasteiger partial charge in [0.15, 0.2) is 4.32 Å². The van der Waals surface area contributed by atoms with Crippen molar-refractivity contribution in [3.05, 3.63) is 64.6 Å². The van der Waals surface area contributed by atoms with E-state index in [2.05, 4.69) is 5.10 Å². The SMILES string of the molecule is O=C1/C(=C\c2ccccc2O)SC(=S)N1/N=C/c1ccc(O)cc1. The quantitative estimate of drug-likeness (QED) is 0.501. The van der Waals surface area contributed by atoms with Crippen LogP contribution in [0.3, 0.4) is 0 Å². The minimum atomic E-state index is -0.344. The normalized spacial score (nSPS) is 16.5. The Morgan fingerprint density at radius 1 is 1.08 bits per heavy atom. The zero-order valence-electron chi connectivity index (χ0n) is 12.3. The molecule has 0 aliphatic carbocycles. The second-order valence-electron chi connectivity index (χ2n) is 4.89. The van der Waals surface area contributed by atoms with Gasteiger partial charge in [0, 0.05) is 5.56 Å². The number of hydrogen-bond donors (Lipinski definition) is 2. The molecule has 1 aliphatic heterocycles. The Morgan fingerprint density at radius 3 is 2.50 bits per heavy atom. The molecular formula is C17H12N2O3S2. The van der Waals surface area contributed by atoms with Crippen molar-refractivity contribution in [1.29, 1.82) is 0 Å². The number of thiocarbonyl (C=S) groups is 1. The van der Waals surface area contributed by atoms with Crippen molar-refractivity contribution in [1.82, 2.24) is 5.01 Å². The predicted octanol–water partition coefficient (Wildman–Crippen LogP) is 3.33. The number of thioether (sulfide) groups is 1. The molecule has 0 spiro atoms. The average Bonchev–Trinajstić information content (AvgIpc) is 2.83. The maximum atomic E-state index is 12.4. The van der Waals surface area contributed by atoms with E-state index in [9.17, 15) is 15.0 Å². The van der Waals surface area contributed by atoms with E-state index in [-0.39, 0.29) is 17.4 Å². The lowest BCUT2D eigenvalue weighted by molar-refractivity contribution is -0.122. The number of nitrogens with zero attached hydrogens (tertiary/aromatic N) is 2. The summed E-state index contributed by atoms with van der Waals surface area (Å²) in [7, 11) is 0. The van der Waals surface area contributed by atoms with Crippen molar-refractivity contribution < 1.29 is 15.0 Å². The van der Waals surface area contributed by atoms with E-state index in [0.717, 1.165) is 22.3 Å². The standard InChI is InChI=1S/C17H12N2O3S2/c20-13-7-5-11(6-8-13)10-18-19-16(22)15(24-17(19)23)9-12-3-1-2-4-14(12)21/h1-10,20-21H/b15-9+,18-10+. The number of aromatic hydroxyl groups is 2. The first kappa shape index (κ1) is 16.2. The van der Waals surface area contributed by atoms with Crippen LogP contribution in [0.1, 0.15) is 11.1 Å². The molecule has 120 valence electrons. The molecule has 0 unspecified atom stereocenters. The van der Waals surface area contributed by atoms with Gasteiger partial charge >= 0.3 is 0 Å². The van der Waals surface area contributed by atoms with E-state index >= 15 is 0 Å². The molecule has 5 nitrogen and oxygen atoms in total. The number of amides is 1. The van der Waals surface area contributed by atoms with E-state index in [0.29, 0.717) is 14.8 Å². The molecule has 1 heterocycles. The van der Waals surface area contributed by atoms with Crippen molar-refractivity contribution in [3.8, 4) is 11.5 Å². The second-order valence-corrected chi connectivity index (χ2v) is 6.56. The molecule has 1 fully saturated rings. The van der Waals surface area contributed by atoms with E-state index in [1.165, 1.54) is 18.3 Å². The molecule has 2 aromatic carbocycles. The lowest BCUT2D eigenvalue weighted by atomic mass is 10.2. The second kappa shape index (κ2) is 6.86.